The van der Waals surface area contributed by atoms with E-state index in [0.717, 1.165) is 37.6 Å². The van der Waals surface area contributed by atoms with Gasteiger partial charge in [-0.3, -0.25) is 0 Å². The predicted molar refractivity (Wildman–Crippen MR) is 79.3 cm³/mol. The fraction of sp³-hybridized carbons (Fsp3) is 0.294. The van der Waals surface area contributed by atoms with E-state index in [1.165, 1.54) is 5.56 Å². The molecule has 1 aliphatic heterocycles. The van der Waals surface area contributed by atoms with Gasteiger partial charge in [-0.2, -0.15) is 0 Å². The number of ether oxygens (including phenoxy) is 2. The van der Waals surface area contributed by atoms with Crippen LogP contribution in [0.4, 0.5) is 0 Å². The fourth-order valence-electron chi connectivity index (χ4n) is 2.38. The molecule has 1 aliphatic rings. The van der Waals surface area contributed by atoms with Gasteiger partial charge in [-0.25, -0.2) is 0 Å². The number of hydrogen-bond donors (Lipinski definition) is 1. The molecule has 1 atom stereocenters. The van der Waals surface area contributed by atoms with Crippen molar-refractivity contribution >= 4 is 0 Å². The molecule has 0 radical (unpaired) electrons. The summed E-state index contributed by atoms with van der Waals surface area (Å²) in [6.07, 6.45) is 1.10. The van der Waals surface area contributed by atoms with Gasteiger partial charge in [-0.05, 0) is 23.8 Å². The summed E-state index contributed by atoms with van der Waals surface area (Å²) in [6, 6.07) is 18.0. The van der Waals surface area contributed by atoms with Crippen molar-refractivity contribution in [2.75, 3.05) is 19.7 Å². The summed E-state index contributed by atoms with van der Waals surface area (Å²) in [6.45, 7) is 2.63. The Morgan fingerprint density at radius 2 is 1.85 bits per heavy atom. The van der Waals surface area contributed by atoms with Crippen LogP contribution in [0.5, 0.6) is 11.5 Å². The highest BCUT2D eigenvalue weighted by atomic mass is 16.5. The highest BCUT2D eigenvalue weighted by Crippen LogP contribution is 2.26. The van der Waals surface area contributed by atoms with E-state index < -0.39 is 0 Å². The molecule has 1 heterocycles. The Balaban J connectivity index is 1.74. The van der Waals surface area contributed by atoms with Crippen molar-refractivity contribution < 1.29 is 9.47 Å². The largest absolute Gasteiger partial charge is 0.457 e. The second-order valence-corrected chi connectivity index (χ2v) is 4.92. The van der Waals surface area contributed by atoms with Crippen LogP contribution in [0.2, 0.25) is 0 Å². The zero-order chi connectivity index (χ0) is 13.6. The topological polar surface area (TPSA) is 30.5 Å². The van der Waals surface area contributed by atoms with Gasteiger partial charge in [0.25, 0.3) is 0 Å². The molecule has 104 valence electrons. The SMILES string of the molecule is c1ccc(Oc2ccccc2CC2CNCCO2)cc1. The van der Waals surface area contributed by atoms with E-state index in [2.05, 4.69) is 11.4 Å². The first-order chi connectivity index (χ1) is 9.92. The first-order valence-electron chi connectivity index (χ1n) is 7.05. The summed E-state index contributed by atoms with van der Waals surface area (Å²) in [4.78, 5) is 0. The van der Waals surface area contributed by atoms with E-state index in [1.54, 1.807) is 0 Å². The van der Waals surface area contributed by atoms with Gasteiger partial charge in [0.1, 0.15) is 11.5 Å². The first kappa shape index (κ1) is 13.2. The lowest BCUT2D eigenvalue weighted by Gasteiger charge is -2.24. The molecule has 3 nitrogen and oxygen atoms in total. The molecule has 1 saturated heterocycles. The van der Waals surface area contributed by atoms with E-state index in [1.807, 2.05) is 48.5 Å². The van der Waals surface area contributed by atoms with Gasteiger partial charge in [0.05, 0.1) is 12.7 Å². The quantitative estimate of drug-likeness (QED) is 0.925. The van der Waals surface area contributed by atoms with Gasteiger partial charge < -0.3 is 14.8 Å². The maximum absolute atomic E-state index is 5.98. The van der Waals surface area contributed by atoms with E-state index in [9.17, 15) is 0 Å². The number of benzene rings is 2. The minimum Gasteiger partial charge on any atom is -0.457 e. The smallest absolute Gasteiger partial charge is 0.130 e. The zero-order valence-electron chi connectivity index (χ0n) is 11.4. The van der Waals surface area contributed by atoms with E-state index in [4.69, 9.17) is 9.47 Å². The van der Waals surface area contributed by atoms with Crippen LogP contribution in [0.15, 0.2) is 54.6 Å². The maximum Gasteiger partial charge on any atom is 0.130 e. The summed E-state index contributed by atoms with van der Waals surface area (Å²) in [5, 5.41) is 3.36. The fourth-order valence-corrected chi connectivity index (χ4v) is 2.38. The number of nitrogens with one attached hydrogen (secondary N) is 1. The van der Waals surface area contributed by atoms with Gasteiger partial charge in [-0.15, -0.1) is 0 Å². The van der Waals surface area contributed by atoms with Gasteiger partial charge in [0.15, 0.2) is 0 Å². The minimum atomic E-state index is 0.226. The Morgan fingerprint density at radius 1 is 1.05 bits per heavy atom. The Kier molecular flexibility index (Phi) is 4.31. The van der Waals surface area contributed by atoms with Crippen molar-refractivity contribution in [2.45, 2.75) is 12.5 Å². The lowest BCUT2D eigenvalue weighted by molar-refractivity contribution is 0.0289. The van der Waals surface area contributed by atoms with Crippen LogP contribution in [0, 0.1) is 0 Å². The molecular formula is C17H19NO2. The molecule has 0 saturated carbocycles. The molecule has 0 bridgehead atoms. The second kappa shape index (κ2) is 6.55. The molecule has 3 rings (SSSR count). The van der Waals surface area contributed by atoms with Crippen LogP contribution in [-0.4, -0.2) is 25.8 Å². The van der Waals surface area contributed by atoms with Gasteiger partial charge >= 0.3 is 0 Å². The predicted octanol–water partition coefficient (Wildman–Crippen LogP) is 3.01. The highest BCUT2D eigenvalue weighted by molar-refractivity contribution is 5.38. The normalized spacial score (nSPS) is 18.7. The lowest BCUT2D eigenvalue weighted by Crippen LogP contribution is -2.39. The summed E-state index contributed by atoms with van der Waals surface area (Å²) >= 11 is 0. The third-order valence-electron chi connectivity index (χ3n) is 3.40. The zero-order valence-corrected chi connectivity index (χ0v) is 11.4. The Morgan fingerprint density at radius 3 is 2.65 bits per heavy atom. The summed E-state index contributed by atoms with van der Waals surface area (Å²) in [5.41, 5.74) is 1.19. The molecule has 2 aromatic carbocycles. The molecule has 3 heteroatoms. The van der Waals surface area contributed by atoms with Crippen molar-refractivity contribution in [2.24, 2.45) is 0 Å². The third kappa shape index (κ3) is 3.38. The van der Waals surface area contributed by atoms with Crippen LogP contribution in [0.3, 0.4) is 0 Å². The summed E-state index contributed by atoms with van der Waals surface area (Å²) in [5.74, 6) is 1.77. The van der Waals surface area contributed by atoms with Crippen molar-refractivity contribution in [3.8, 4) is 11.5 Å². The van der Waals surface area contributed by atoms with Crippen molar-refractivity contribution in [3.05, 3.63) is 60.2 Å². The Bertz CT molecular complexity index is 536. The van der Waals surface area contributed by atoms with Gasteiger partial charge in [0.2, 0.25) is 0 Å². The average Bonchev–Trinajstić information content (AvgIpc) is 2.51. The number of hydrogen-bond acceptors (Lipinski definition) is 3. The van der Waals surface area contributed by atoms with Crippen LogP contribution in [0.25, 0.3) is 0 Å². The average molecular weight is 269 g/mol. The summed E-state index contributed by atoms with van der Waals surface area (Å²) in [7, 11) is 0. The van der Waals surface area contributed by atoms with Crippen LogP contribution >= 0.6 is 0 Å². The Hall–Kier alpha value is -1.84. The lowest BCUT2D eigenvalue weighted by atomic mass is 10.1. The molecule has 1 fully saturated rings. The molecule has 20 heavy (non-hydrogen) atoms. The van der Waals surface area contributed by atoms with Crippen molar-refractivity contribution in [1.29, 1.82) is 0 Å². The molecule has 0 spiro atoms. The van der Waals surface area contributed by atoms with Gasteiger partial charge in [-0.1, -0.05) is 36.4 Å². The van der Waals surface area contributed by atoms with E-state index >= 15 is 0 Å². The first-order valence-corrected chi connectivity index (χ1v) is 7.05. The number of para-hydroxylation sites is 2. The molecule has 0 aliphatic carbocycles. The molecule has 0 amide bonds. The van der Waals surface area contributed by atoms with Crippen LogP contribution in [-0.2, 0) is 11.2 Å². The Labute approximate surface area is 119 Å². The molecule has 0 aromatic heterocycles. The second-order valence-electron chi connectivity index (χ2n) is 4.92. The van der Waals surface area contributed by atoms with Crippen LogP contribution < -0.4 is 10.1 Å². The molecule has 1 N–H and O–H groups in total. The van der Waals surface area contributed by atoms with E-state index in [-0.39, 0.29) is 6.10 Å². The molecular weight excluding hydrogens is 250 g/mol. The standard InChI is InChI=1S/C17H19NO2/c1-2-7-15(8-3-1)20-17-9-5-4-6-14(17)12-16-13-18-10-11-19-16/h1-9,16,18H,10-13H2. The molecule has 2 aromatic rings. The number of rotatable bonds is 4. The van der Waals surface area contributed by atoms with Crippen LogP contribution in [0.1, 0.15) is 5.56 Å². The van der Waals surface area contributed by atoms with E-state index in [0.29, 0.717) is 0 Å². The monoisotopic (exact) mass is 269 g/mol. The van der Waals surface area contributed by atoms with Gasteiger partial charge in [0, 0.05) is 19.5 Å². The number of morpholine rings is 1. The van der Waals surface area contributed by atoms with Crippen molar-refractivity contribution in [3.63, 3.8) is 0 Å². The highest BCUT2D eigenvalue weighted by Gasteiger charge is 2.16. The molecule has 1 unspecified atom stereocenters. The maximum atomic E-state index is 5.98. The third-order valence-corrected chi connectivity index (χ3v) is 3.40. The summed E-state index contributed by atoms with van der Waals surface area (Å²) < 4.78 is 11.7. The van der Waals surface area contributed by atoms with Crippen molar-refractivity contribution in [1.82, 2.24) is 5.32 Å². The minimum absolute atomic E-state index is 0.226.